The Labute approximate surface area is 178 Å². The van der Waals surface area contributed by atoms with Crippen LogP contribution in [-0.2, 0) is 0 Å². The number of benzene rings is 2. The SMILES string of the molecule is CN1CCC(Nc2nc(-c3ccccc3)c(-c3cc(Cl)c4[nH]ncc4c3)[nH]c2=O)C1. The third-order valence-corrected chi connectivity index (χ3v) is 5.78. The summed E-state index contributed by atoms with van der Waals surface area (Å²) in [5.41, 5.74) is 3.54. The number of halogens is 1. The van der Waals surface area contributed by atoms with Crippen LogP contribution in [0.5, 0.6) is 0 Å². The minimum Gasteiger partial charge on any atom is -0.361 e. The average molecular weight is 421 g/mol. The summed E-state index contributed by atoms with van der Waals surface area (Å²) in [6.07, 6.45) is 2.69. The molecule has 0 radical (unpaired) electrons. The van der Waals surface area contributed by atoms with Crippen LogP contribution in [0.1, 0.15) is 6.42 Å². The smallest absolute Gasteiger partial charge is 0.291 e. The molecule has 0 spiro atoms. The van der Waals surface area contributed by atoms with E-state index in [1.807, 2.05) is 42.5 Å². The number of aromatic amines is 2. The molecule has 1 unspecified atom stereocenters. The summed E-state index contributed by atoms with van der Waals surface area (Å²) in [5, 5.41) is 11.7. The molecule has 0 aliphatic carbocycles. The lowest BCUT2D eigenvalue weighted by Crippen LogP contribution is -2.28. The number of hydrogen-bond acceptors (Lipinski definition) is 5. The fourth-order valence-electron chi connectivity index (χ4n) is 3.97. The maximum atomic E-state index is 12.9. The summed E-state index contributed by atoms with van der Waals surface area (Å²) in [5.74, 6) is 0.341. The van der Waals surface area contributed by atoms with E-state index in [0.717, 1.165) is 41.5 Å². The molecule has 1 saturated heterocycles. The molecule has 0 saturated carbocycles. The summed E-state index contributed by atoms with van der Waals surface area (Å²) in [6, 6.07) is 13.8. The van der Waals surface area contributed by atoms with E-state index in [-0.39, 0.29) is 11.6 Å². The van der Waals surface area contributed by atoms with Crippen molar-refractivity contribution >= 4 is 28.3 Å². The van der Waals surface area contributed by atoms with Crippen molar-refractivity contribution in [2.75, 3.05) is 25.5 Å². The van der Waals surface area contributed by atoms with Gasteiger partial charge in [-0.1, -0.05) is 41.9 Å². The number of hydrogen-bond donors (Lipinski definition) is 3. The van der Waals surface area contributed by atoms with Crippen LogP contribution in [0.3, 0.4) is 0 Å². The van der Waals surface area contributed by atoms with Crippen LogP contribution in [-0.4, -0.2) is 51.2 Å². The van der Waals surface area contributed by atoms with E-state index in [1.54, 1.807) is 6.20 Å². The van der Waals surface area contributed by atoms with E-state index < -0.39 is 0 Å². The molecule has 1 fully saturated rings. The fraction of sp³-hybridized carbons (Fsp3) is 0.227. The van der Waals surface area contributed by atoms with Gasteiger partial charge in [-0.3, -0.25) is 9.89 Å². The van der Waals surface area contributed by atoms with Crippen molar-refractivity contribution < 1.29 is 0 Å². The summed E-state index contributed by atoms with van der Waals surface area (Å²) < 4.78 is 0. The largest absolute Gasteiger partial charge is 0.361 e. The quantitative estimate of drug-likeness (QED) is 0.468. The normalized spacial score (nSPS) is 16.9. The van der Waals surface area contributed by atoms with Crippen molar-refractivity contribution in [3.05, 3.63) is 64.0 Å². The van der Waals surface area contributed by atoms with Crippen LogP contribution < -0.4 is 10.9 Å². The van der Waals surface area contributed by atoms with Crippen molar-refractivity contribution in [2.45, 2.75) is 12.5 Å². The highest BCUT2D eigenvalue weighted by atomic mass is 35.5. The number of fused-ring (bicyclic) bond motifs is 1. The van der Waals surface area contributed by atoms with Crippen LogP contribution in [0.15, 0.2) is 53.5 Å². The first-order chi connectivity index (χ1) is 14.6. The van der Waals surface area contributed by atoms with Crippen LogP contribution in [0.25, 0.3) is 33.4 Å². The fourth-order valence-corrected chi connectivity index (χ4v) is 4.24. The molecule has 0 bridgehead atoms. The van der Waals surface area contributed by atoms with Crippen molar-refractivity contribution in [3.63, 3.8) is 0 Å². The van der Waals surface area contributed by atoms with Gasteiger partial charge in [0, 0.05) is 29.1 Å². The van der Waals surface area contributed by atoms with E-state index in [1.165, 1.54) is 0 Å². The number of anilines is 1. The van der Waals surface area contributed by atoms with Gasteiger partial charge in [-0.15, -0.1) is 0 Å². The predicted octanol–water partition coefficient (Wildman–Crippen LogP) is 3.75. The number of aromatic nitrogens is 4. The highest BCUT2D eigenvalue weighted by Crippen LogP contribution is 2.33. The molecule has 1 aliphatic rings. The summed E-state index contributed by atoms with van der Waals surface area (Å²) >= 11 is 6.45. The maximum Gasteiger partial charge on any atom is 0.291 e. The molecule has 2 aromatic carbocycles. The molecule has 3 heterocycles. The van der Waals surface area contributed by atoms with Crippen molar-refractivity contribution in [3.8, 4) is 22.5 Å². The Morgan fingerprint density at radius 3 is 2.80 bits per heavy atom. The van der Waals surface area contributed by atoms with Gasteiger partial charge in [0.15, 0.2) is 5.82 Å². The Morgan fingerprint density at radius 1 is 1.20 bits per heavy atom. The minimum absolute atomic E-state index is 0.204. The minimum atomic E-state index is -0.248. The Bertz CT molecular complexity index is 1270. The molecule has 1 aliphatic heterocycles. The highest BCUT2D eigenvalue weighted by molar-refractivity contribution is 6.35. The highest BCUT2D eigenvalue weighted by Gasteiger charge is 2.22. The summed E-state index contributed by atoms with van der Waals surface area (Å²) in [6.45, 7) is 1.89. The topological polar surface area (TPSA) is 89.7 Å². The monoisotopic (exact) mass is 420 g/mol. The molecule has 3 N–H and O–H groups in total. The van der Waals surface area contributed by atoms with Crippen molar-refractivity contribution in [2.24, 2.45) is 0 Å². The molecule has 0 amide bonds. The number of likely N-dealkylation sites (tertiary alicyclic amines) is 1. The predicted molar refractivity (Wildman–Crippen MR) is 120 cm³/mol. The zero-order valence-corrected chi connectivity index (χ0v) is 17.2. The molecular weight excluding hydrogens is 400 g/mol. The second-order valence-corrected chi connectivity index (χ2v) is 8.10. The van der Waals surface area contributed by atoms with Gasteiger partial charge < -0.3 is 15.2 Å². The van der Waals surface area contributed by atoms with Crippen LogP contribution in [0.2, 0.25) is 5.02 Å². The summed E-state index contributed by atoms with van der Waals surface area (Å²) in [7, 11) is 2.08. The molecule has 30 heavy (non-hydrogen) atoms. The first kappa shape index (κ1) is 18.8. The second kappa shape index (κ2) is 7.59. The molecule has 1 atom stereocenters. The van der Waals surface area contributed by atoms with Gasteiger partial charge in [-0.2, -0.15) is 5.10 Å². The molecule has 7 nitrogen and oxygen atoms in total. The summed E-state index contributed by atoms with van der Waals surface area (Å²) in [4.78, 5) is 23.0. The Morgan fingerprint density at radius 2 is 2.03 bits per heavy atom. The number of rotatable bonds is 4. The van der Waals surface area contributed by atoms with Gasteiger partial charge in [-0.25, -0.2) is 4.98 Å². The van der Waals surface area contributed by atoms with E-state index in [2.05, 4.69) is 32.4 Å². The Balaban J connectivity index is 1.65. The molecule has 2 aromatic heterocycles. The van der Waals surface area contributed by atoms with Gasteiger partial charge in [0.25, 0.3) is 5.56 Å². The van der Waals surface area contributed by atoms with Gasteiger partial charge in [0.1, 0.15) is 0 Å². The van der Waals surface area contributed by atoms with Crippen molar-refractivity contribution in [1.82, 2.24) is 25.1 Å². The Kier molecular flexibility index (Phi) is 4.77. The number of nitrogens with zero attached hydrogens (tertiary/aromatic N) is 3. The molecule has 4 aromatic rings. The first-order valence-corrected chi connectivity index (χ1v) is 10.2. The lowest BCUT2D eigenvalue weighted by Gasteiger charge is -2.16. The van der Waals surface area contributed by atoms with Gasteiger partial charge >= 0.3 is 0 Å². The third-order valence-electron chi connectivity index (χ3n) is 5.48. The average Bonchev–Trinajstić information content (AvgIpc) is 3.39. The zero-order chi connectivity index (χ0) is 20.7. The van der Waals surface area contributed by atoms with Crippen molar-refractivity contribution in [1.29, 1.82) is 0 Å². The second-order valence-electron chi connectivity index (χ2n) is 7.69. The molecular formula is C22H21ClN6O. The van der Waals surface area contributed by atoms with Gasteiger partial charge in [0.2, 0.25) is 0 Å². The van der Waals surface area contributed by atoms with E-state index >= 15 is 0 Å². The van der Waals surface area contributed by atoms with E-state index in [0.29, 0.717) is 22.2 Å². The zero-order valence-electron chi connectivity index (χ0n) is 16.4. The van der Waals surface area contributed by atoms with Crippen LogP contribution >= 0.6 is 11.6 Å². The van der Waals surface area contributed by atoms with E-state index in [9.17, 15) is 4.79 Å². The lowest BCUT2D eigenvalue weighted by molar-refractivity contribution is 0.414. The van der Waals surface area contributed by atoms with Gasteiger partial charge in [0.05, 0.1) is 28.1 Å². The number of likely N-dealkylation sites (N-methyl/N-ethyl adjacent to an activating group) is 1. The lowest BCUT2D eigenvalue weighted by atomic mass is 10.0. The number of nitrogens with one attached hydrogen (secondary N) is 3. The first-order valence-electron chi connectivity index (χ1n) is 9.86. The Hall–Kier alpha value is -3.16. The molecule has 152 valence electrons. The molecule has 8 heteroatoms. The van der Waals surface area contributed by atoms with E-state index in [4.69, 9.17) is 16.6 Å². The standard InChI is InChI=1S/C22H21ClN6O/c1-29-8-7-16(12-29)25-21-22(30)27-20(19(26-21)13-5-3-2-4-6-13)14-9-15-11-24-28-18(15)17(23)10-14/h2-6,9-11,16H,7-8,12H2,1H3,(H,24,28)(H,25,26)(H,27,30). The maximum absolute atomic E-state index is 12.9. The third kappa shape index (κ3) is 3.46. The molecule has 5 rings (SSSR count). The van der Waals surface area contributed by atoms with Crippen LogP contribution in [0.4, 0.5) is 5.82 Å². The van der Waals surface area contributed by atoms with Crippen LogP contribution in [0, 0.1) is 0 Å². The number of H-pyrrole nitrogens is 2. The van der Waals surface area contributed by atoms with Gasteiger partial charge in [-0.05, 0) is 32.1 Å².